The van der Waals surface area contributed by atoms with E-state index < -0.39 is 12.0 Å². The Morgan fingerprint density at radius 1 is 1.18 bits per heavy atom. The zero-order valence-corrected chi connectivity index (χ0v) is 16.7. The van der Waals surface area contributed by atoms with Gasteiger partial charge in [0.15, 0.2) is 11.5 Å². The van der Waals surface area contributed by atoms with Crippen LogP contribution < -0.4 is 16.8 Å². The van der Waals surface area contributed by atoms with Gasteiger partial charge in [0.25, 0.3) is 5.91 Å². The van der Waals surface area contributed by atoms with Crippen LogP contribution in [0.5, 0.6) is 0 Å². The Bertz CT molecular complexity index is 867. The minimum absolute atomic E-state index is 0.0513. The molecule has 0 aliphatic carbocycles. The molecule has 0 bridgehead atoms. The standard InChI is InChI=1S/C20H27N5O3/c1-5-15-16(11(2)3)25-19(17(24-15)18(21)26)23-14-8-6-7-13(9-14)12(4)10-28-20(22)27/h6-9,11-12H,5,10H2,1-4H3,(H2,21,26)(H2,22,27)(H,23,25). The fourth-order valence-corrected chi connectivity index (χ4v) is 2.83. The zero-order chi connectivity index (χ0) is 20.8. The average molecular weight is 385 g/mol. The van der Waals surface area contributed by atoms with Crippen LogP contribution in [0.2, 0.25) is 0 Å². The van der Waals surface area contributed by atoms with E-state index in [0.29, 0.717) is 12.2 Å². The van der Waals surface area contributed by atoms with E-state index in [2.05, 4.69) is 15.3 Å². The van der Waals surface area contributed by atoms with Crippen LogP contribution in [0, 0.1) is 0 Å². The predicted octanol–water partition coefficient (Wildman–Crippen LogP) is 3.20. The maximum atomic E-state index is 11.9. The van der Waals surface area contributed by atoms with Gasteiger partial charge in [-0.25, -0.2) is 14.8 Å². The van der Waals surface area contributed by atoms with Gasteiger partial charge in [0.2, 0.25) is 0 Å². The topological polar surface area (TPSA) is 133 Å². The highest BCUT2D eigenvalue weighted by Gasteiger charge is 2.19. The lowest BCUT2D eigenvalue weighted by atomic mass is 10.0. The van der Waals surface area contributed by atoms with Crippen LogP contribution in [0.25, 0.3) is 0 Å². The smallest absolute Gasteiger partial charge is 0.404 e. The molecule has 0 spiro atoms. The Kier molecular flexibility index (Phi) is 6.92. The number of nitrogens with zero attached hydrogens (tertiary/aromatic N) is 2. The molecule has 1 unspecified atom stereocenters. The first-order valence-corrected chi connectivity index (χ1v) is 9.22. The largest absolute Gasteiger partial charge is 0.449 e. The SMILES string of the molecule is CCc1nc(C(N)=O)c(Nc2cccc(C(C)COC(N)=O)c2)nc1C(C)C. The van der Waals surface area contributed by atoms with Gasteiger partial charge in [-0.05, 0) is 30.0 Å². The van der Waals surface area contributed by atoms with Gasteiger partial charge in [-0.15, -0.1) is 0 Å². The maximum absolute atomic E-state index is 11.9. The third kappa shape index (κ3) is 5.18. The Hall–Kier alpha value is -3.16. The molecule has 28 heavy (non-hydrogen) atoms. The van der Waals surface area contributed by atoms with Crippen molar-refractivity contribution in [3.63, 3.8) is 0 Å². The number of primary amides is 2. The molecule has 1 atom stereocenters. The molecule has 0 radical (unpaired) electrons. The second-order valence-corrected chi connectivity index (χ2v) is 6.91. The van der Waals surface area contributed by atoms with E-state index in [9.17, 15) is 9.59 Å². The number of nitrogens with one attached hydrogen (secondary N) is 1. The highest BCUT2D eigenvalue weighted by atomic mass is 16.5. The van der Waals surface area contributed by atoms with Crippen LogP contribution in [0.4, 0.5) is 16.3 Å². The van der Waals surface area contributed by atoms with Crippen LogP contribution >= 0.6 is 0 Å². The predicted molar refractivity (Wildman–Crippen MR) is 108 cm³/mol. The third-order valence-corrected chi connectivity index (χ3v) is 4.31. The molecule has 5 N–H and O–H groups in total. The highest BCUT2D eigenvalue weighted by molar-refractivity contribution is 5.96. The number of benzene rings is 1. The van der Waals surface area contributed by atoms with Crippen molar-refractivity contribution in [1.29, 1.82) is 0 Å². The summed E-state index contributed by atoms with van der Waals surface area (Å²) in [6, 6.07) is 7.52. The number of carbonyl (C=O) groups excluding carboxylic acids is 2. The molecule has 0 fully saturated rings. The Morgan fingerprint density at radius 3 is 2.46 bits per heavy atom. The molecule has 0 aliphatic rings. The maximum Gasteiger partial charge on any atom is 0.404 e. The molecule has 8 heteroatoms. The normalized spacial score (nSPS) is 11.9. The summed E-state index contributed by atoms with van der Waals surface area (Å²) in [5.74, 6) is -0.210. The second kappa shape index (κ2) is 9.16. The van der Waals surface area contributed by atoms with Crippen molar-refractivity contribution in [2.24, 2.45) is 11.5 Å². The number of hydrogen-bond donors (Lipinski definition) is 3. The number of hydrogen-bond acceptors (Lipinski definition) is 6. The summed E-state index contributed by atoms with van der Waals surface area (Å²) in [4.78, 5) is 31.8. The summed E-state index contributed by atoms with van der Waals surface area (Å²) in [7, 11) is 0. The fourth-order valence-electron chi connectivity index (χ4n) is 2.83. The summed E-state index contributed by atoms with van der Waals surface area (Å²) >= 11 is 0. The van der Waals surface area contributed by atoms with Gasteiger partial charge in [-0.2, -0.15) is 0 Å². The number of carbonyl (C=O) groups is 2. The van der Waals surface area contributed by atoms with Crippen LogP contribution in [0.3, 0.4) is 0 Å². The number of rotatable bonds is 8. The molecular weight excluding hydrogens is 358 g/mol. The molecule has 2 rings (SSSR count). The number of anilines is 2. The minimum Gasteiger partial charge on any atom is -0.449 e. The average Bonchev–Trinajstić information content (AvgIpc) is 2.65. The van der Waals surface area contributed by atoms with E-state index in [-0.39, 0.29) is 24.1 Å². The van der Waals surface area contributed by atoms with Crippen molar-refractivity contribution in [3.8, 4) is 0 Å². The molecule has 150 valence electrons. The number of amides is 2. The molecule has 1 heterocycles. The van der Waals surface area contributed by atoms with Crippen molar-refractivity contribution in [3.05, 3.63) is 46.9 Å². The van der Waals surface area contributed by atoms with Crippen LogP contribution in [0.15, 0.2) is 24.3 Å². The van der Waals surface area contributed by atoms with Crippen LogP contribution in [0.1, 0.15) is 67.0 Å². The lowest BCUT2D eigenvalue weighted by Gasteiger charge is -2.17. The minimum atomic E-state index is -0.806. The number of ether oxygens (including phenoxy) is 1. The van der Waals surface area contributed by atoms with Crippen molar-refractivity contribution in [2.45, 2.75) is 46.0 Å². The van der Waals surface area contributed by atoms with Gasteiger partial charge >= 0.3 is 6.09 Å². The first kappa shape index (κ1) is 21.1. The highest BCUT2D eigenvalue weighted by Crippen LogP contribution is 2.26. The van der Waals surface area contributed by atoms with Gasteiger partial charge in [-0.1, -0.05) is 39.8 Å². The fraction of sp³-hybridized carbons (Fsp3) is 0.400. The van der Waals surface area contributed by atoms with Crippen LogP contribution in [-0.2, 0) is 11.2 Å². The number of aromatic nitrogens is 2. The quantitative estimate of drug-likeness (QED) is 0.639. The third-order valence-electron chi connectivity index (χ3n) is 4.31. The van der Waals surface area contributed by atoms with E-state index in [1.165, 1.54) is 0 Å². The Labute approximate surface area is 164 Å². The molecule has 2 amide bonds. The van der Waals surface area contributed by atoms with E-state index in [4.69, 9.17) is 16.2 Å². The van der Waals surface area contributed by atoms with Crippen molar-refractivity contribution < 1.29 is 14.3 Å². The summed E-state index contributed by atoms with van der Waals surface area (Å²) in [6.45, 7) is 8.11. The summed E-state index contributed by atoms with van der Waals surface area (Å²) < 4.78 is 4.87. The zero-order valence-electron chi connectivity index (χ0n) is 16.7. The van der Waals surface area contributed by atoms with E-state index in [0.717, 1.165) is 22.6 Å². The lowest BCUT2D eigenvalue weighted by molar-refractivity contribution is 0.0995. The monoisotopic (exact) mass is 385 g/mol. The molecule has 0 saturated heterocycles. The van der Waals surface area contributed by atoms with E-state index in [1.807, 2.05) is 52.0 Å². The van der Waals surface area contributed by atoms with Gasteiger partial charge < -0.3 is 21.5 Å². The van der Waals surface area contributed by atoms with Crippen molar-refractivity contribution in [2.75, 3.05) is 11.9 Å². The molecule has 0 saturated carbocycles. The summed E-state index contributed by atoms with van der Waals surface area (Å²) in [6.07, 6.45) is -0.145. The number of aryl methyl sites for hydroxylation is 1. The van der Waals surface area contributed by atoms with Crippen molar-refractivity contribution >= 4 is 23.5 Å². The molecule has 1 aromatic heterocycles. The number of nitrogens with two attached hydrogens (primary N) is 2. The van der Waals surface area contributed by atoms with Crippen LogP contribution in [-0.4, -0.2) is 28.6 Å². The molecule has 2 aromatic rings. The van der Waals surface area contributed by atoms with E-state index in [1.54, 1.807) is 0 Å². The Balaban J connectivity index is 2.36. The first-order chi connectivity index (χ1) is 13.2. The Morgan fingerprint density at radius 2 is 1.89 bits per heavy atom. The van der Waals surface area contributed by atoms with Gasteiger partial charge in [0, 0.05) is 11.6 Å². The first-order valence-electron chi connectivity index (χ1n) is 9.22. The second-order valence-electron chi connectivity index (χ2n) is 6.91. The van der Waals surface area contributed by atoms with E-state index >= 15 is 0 Å². The summed E-state index contributed by atoms with van der Waals surface area (Å²) in [5.41, 5.74) is 13.9. The van der Waals surface area contributed by atoms with Gasteiger partial charge in [-0.3, -0.25) is 4.79 Å². The molecular formula is C20H27N5O3. The van der Waals surface area contributed by atoms with Gasteiger partial charge in [0.05, 0.1) is 18.0 Å². The molecule has 0 aliphatic heterocycles. The van der Waals surface area contributed by atoms with Gasteiger partial charge in [0.1, 0.15) is 0 Å². The molecule has 8 nitrogen and oxygen atoms in total. The summed E-state index contributed by atoms with van der Waals surface area (Å²) in [5, 5.41) is 3.15. The molecule has 1 aromatic carbocycles. The van der Waals surface area contributed by atoms with Crippen molar-refractivity contribution in [1.82, 2.24) is 9.97 Å². The lowest BCUT2D eigenvalue weighted by Crippen LogP contribution is -2.19.